The largest absolute Gasteiger partial charge is 0.480 e. The molecule has 1 aliphatic rings. The summed E-state index contributed by atoms with van der Waals surface area (Å²) in [6.07, 6.45) is 4.57. The molecular formula is C28H31N3O4. The van der Waals surface area contributed by atoms with Crippen molar-refractivity contribution >= 4 is 40.1 Å². The predicted octanol–water partition coefficient (Wildman–Crippen LogP) is 5.86. The monoisotopic (exact) mass is 473 g/mol. The average Bonchev–Trinajstić information content (AvgIpc) is 2.84. The lowest BCUT2D eigenvalue weighted by atomic mass is 9.83. The molecule has 4 rings (SSSR count). The van der Waals surface area contributed by atoms with Crippen LogP contribution in [0.1, 0.15) is 53.6 Å². The van der Waals surface area contributed by atoms with Crippen LogP contribution in [0.4, 0.5) is 16.2 Å². The van der Waals surface area contributed by atoms with Crippen LogP contribution in [-0.4, -0.2) is 29.1 Å². The molecule has 0 saturated heterocycles. The first-order valence-electron chi connectivity index (χ1n) is 12.0. The quantitative estimate of drug-likeness (QED) is 0.359. The SMILES string of the molecule is Cc1cccc(C)c1NC(=O)Nc1cc2ccccc2cc1C(=O)N[C@H](C(=O)O)C1CCCCC1. The summed E-state index contributed by atoms with van der Waals surface area (Å²) in [6, 6.07) is 15.3. The van der Waals surface area contributed by atoms with E-state index in [2.05, 4.69) is 16.0 Å². The number of hydrogen-bond acceptors (Lipinski definition) is 3. The number of nitrogens with one attached hydrogen (secondary N) is 3. The number of hydrogen-bond donors (Lipinski definition) is 4. The molecule has 0 aromatic heterocycles. The van der Waals surface area contributed by atoms with Crippen LogP contribution >= 0.6 is 0 Å². The van der Waals surface area contributed by atoms with Crippen LogP contribution in [0.3, 0.4) is 0 Å². The summed E-state index contributed by atoms with van der Waals surface area (Å²) in [5, 5.41) is 19.9. The Morgan fingerprint density at radius 2 is 1.49 bits per heavy atom. The van der Waals surface area contributed by atoms with Crippen LogP contribution < -0.4 is 16.0 Å². The molecule has 182 valence electrons. The molecule has 1 atom stereocenters. The Morgan fingerprint density at radius 3 is 2.11 bits per heavy atom. The minimum absolute atomic E-state index is 0.102. The maximum absolute atomic E-state index is 13.4. The molecule has 0 radical (unpaired) electrons. The van der Waals surface area contributed by atoms with E-state index >= 15 is 0 Å². The summed E-state index contributed by atoms with van der Waals surface area (Å²) in [6.45, 7) is 3.82. The summed E-state index contributed by atoms with van der Waals surface area (Å²) < 4.78 is 0. The summed E-state index contributed by atoms with van der Waals surface area (Å²) in [5.74, 6) is -1.65. The molecule has 3 amide bonds. The second kappa shape index (κ2) is 10.6. The highest BCUT2D eigenvalue weighted by molar-refractivity contribution is 6.10. The van der Waals surface area contributed by atoms with Crippen LogP contribution in [0.15, 0.2) is 54.6 Å². The van der Waals surface area contributed by atoms with Crippen LogP contribution in [-0.2, 0) is 4.79 Å². The molecular weight excluding hydrogens is 442 g/mol. The number of carbonyl (C=O) groups is 3. The van der Waals surface area contributed by atoms with Crippen molar-refractivity contribution in [1.29, 1.82) is 0 Å². The highest BCUT2D eigenvalue weighted by atomic mass is 16.4. The molecule has 1 saturated carbocycles. The van der Waals surface area contributed by atoms with Crippen molar-refractivity contribution in [3.8, 4) is 0 Å². The summed E-state index contributed by atoms with van der Waals surface area (Å²) in [7, 11) is 0. The van der Waals surface area contributed by atoms with Gasteiger partial charge in [0.25, 0.3) is 5.91 Å². The van der Waals surface area contributed by atoms with Gasteiger partial charge in [-0.25, -0.2) is 9.59 Å². The average molecular weight is 474 g/mol. The number of carbonyl (C=O) groups excluding carboxylic acids is 2. The molecule has 3 aromatic rings. The van der Waals surface area contributed by atoms with E-state index in [0.29, 0.717) is 11.4 Å². The zero-order chi connectivity index (χ0) is 24.9. The van der Waals surface area contributed by atoms with E-state index in [9.17, 15) is 19.5 Å². The first-order chi connectivity index (χ1) is 16.8. The molecule has 0 spiro atoms. The van der Waals surface area contributed by atoms with Gasteiger partial charge in [0.05, 0.1) is 11.3 Å². The maximum atomic E-state index is 13.4. The fraction of sp³-hybridized carbons (Fsp3) is 0.321. The van der Waals surface area contributed by atoms with E-state index in [-0.39, 0.29) is 11.5 Å². The molecule has 1 fully saturated rings. The predicted molar refractivity (Wildman–Crippen MR) is 138 cm³/mol. The van der Waals surface area contributed by atoms with E-state index in [1.165, 1.54) is 0 Å². The van der Waals surface area contributed by atoms with Gasteiger partial charge in [-0.05, 0) is 66.6 Å². The van der Waals surface area contributed by atoms with Crippen molar-refractivity contribution < 1.29 is 19.5 Å². The first kappa shape index (κ1) is 24.3. The van der Waals surface area contributed by atoms with Gasteiger partial charge < -0.3 is 21.1 Å². The van der Waals surface area contributed by atoms with Gasteiger partial charge in [0.2, 0.25) is 0 Å². The molecule has 7 nitrogen and oxygen atoms in total. The van der Waals surface area contributed by atoms with Crippen LogP contribution in [0.2, 0.25) is 0 Å². The van der Waals surface area contributed by atoms with E-state index in [1.54, 1.807) is 12.1 Å². The van der Waals surface area contributed by atoms with Crippen molar-refractivity contribution in [2.24, 2.45) is 5.92 Å². The molecule has 0 bridgehead atoms. The number of carboxylic acids is 1. The Bertz CT molecular complexity index is 1240. The lowest BCUT2D eigenvalue weighted by molar-refractivity contribution is -0.141. The molecule has 0 heterocycles. The molecule has 0 unspecified atom stereocenters. The summed E-state index contributed by atoms with van der Waals surface area (Å²) in [4.78, 5) is 38.3. The zero-order valence-corrected chi connectivity index (χ0v) is 20.1. The molecule has 4 N–H and O–H groups in total. The topological polar surface area (TPSA) is 108 Å². The van der Waals surface area contributed by atoms with Gasteiger partial charge in [-0.3, -0.25) is 4.79 Å². The van der Waals surface area contributed by atoms with Crippen molar-refractivity contribution in [3.63, 3.8) is 0 Å². The highest BCUT2D eigenvalue weighted by Crippen LogP contribution is 2.29. The molecule has 7 heteroatoms. The van der Waals surface area contributed by atoms with E-state index in [0.717, 1.165) is 54.0 Å². The molecule has 1 aliphatic carbocycles. The van der Waals surface area contributed by atoms with E-state index < -0.39 is 23.9 Å². The van der Waals surface area contributed by atoms with Gasteiger partial charge in [-0.1, -0.05) is 61.7 Å². The smallest absolute Gasteiger partial charge is 0.326 e. The molecule has 0 aliphatic heterocycles. The van der Waals surface area contributed by atoms with Crippen LogP contribution in [0.25, 0.3) is 10.8 Å². The minimum Gasteiger partial charge on any atom is -0.480 e. The van der Waals surface area contributed by atoms with Gasteiger partial charge in [0.15, 0.2) is 0 Å². The van der Waals surface area contributed by atoms with Crippen molar-refractivity contribution in [2.45, 2.75) is 52.0 Å². The maximum Gasteiger partial charge on any atom is 0.326 e. The number of aryl methyl sites for hydroxylation is 2. The number of urea groups is 1. The van der Waals surface area contributed by atoms with Crippen LogP contribution in [0.5, 0.6) is 0 Å². The van der Waals surface area contributed by atoms with Crippen LogP contribution in [0, 0.1) is 19.8 Å². The van der Waals surface area contributed by atoms with Gasteiger partial charge >= 0.3 is 12.0 Å². The number of rotatable bonds is 6. The number of fused-ring (bicyclic) bond motifs is 1. The molecule has 35 heavy (non-hydrogen) atoms. The molecule has 3 aromatic carbocycles. The van der Waals surface area contributed by atoms with E-state index in [4.69, 9.17) is 0 Å². The van der Waals surface area contributed by atoms with Crippen molar-refractivity contribution in [1.82, 2.24) is 5.32 Å². The van der Waals surface area contributed by atoms with Gasteiger partial charge in [-0.2, -0.15) is 0 Å². The normalized spacial score (nSPS) is 14.8. The first-order valence-corrected chi connectivity index (χ1v) is 12.0. The fourth-order valence-electron chi connectivity index (χ4n) is 4.88. The van der Waals surface area contributed by atoms with E-state index in [1.807, 2.05) is 56.3 Å². The number of carboxylic acid groups (broad SMARTS) is 1. The zero-order valence-electron chi connectivity index (χ0n) is 20.1. The standard InChI is InChI=1S/C28H31N3O4/c1-17-9-8-10-18(2)24(17)31-28(35)29-23-16-21-14-7-6-13-20(21)15-22(23)26(32)30-25(27(33)34)19-11-4-3-5-12-19/h6-10,13-16,19,25H,3-5,11-12H2,1-2H3,(H,30,32)(H,33,34)(H2,29,31,35)/t25-/m0/s1. The third-order valence-corrected chi connectivity index (χ3v) is 6.77. The third-order valence-electron chi connectivity index (χ3n) is 6.77. The van der Waals surface area contributed by atoms with Crippen molar-refractivity contribution in [2.75, 3.05) is 10.6 Å². The van der Waals surface area contributed by atoms with Crippen molar-refractivity contribution in [3.05, 3.63) is 71.3 Å². The second-order valence-electron chi connectivity index (χ2n) is 9.28. The van der Waals surface area contributed by atoms with Gasteiger partial charge in [0.1, 0.15) is 6.04 Å². The lowest BCUT2D eigenvalue weighted by Crippen LogP contribution is -2.46. The Kier molecular flexibility index (Phi) is 7.34. The summed E-state index contributed by atoms with van der Waals surface area (Å²) >= 11 is 0. The third kappa shape index (κ3) is 5.62. The Labute approximate surface area is 204 Å². The number of amides is 3. The Balaban J connectivity index is 1.63. The number of anilines is 2. The number of para-hydroxylation sites is 1. The Morgan fingerprint density at radius 1 is 0.857 bits per heavy atom. The Hall–Kier alpha value is -3.87. The lowest BCUT2D eigenvalue weighted by Gasteiger charge is -2.28. The number of benzene rings is 3. The minimum atomic E-state index is -1.03. The second-order valence-corrected chi connectivity index (χ2v) is 9.28. The highest BCUT2D eigenvalue weighted by Gasteiger charge is 2.31. The summed E-state index contributed by atoms with van der Waals surface area (Å²) in [5.41, 5.74) is 3.10. The van der Waals surface area contributed by atoms with Gasteiger partial charge in [0, 0.05) is 5.69 Å². The fourth-order valence-corrected chi connectivity index (χ4v) is 4.88. The number of aliphatic carboxylic acids is 1. The van der Waals surface area contributed by atoms with Gasteiger partial charge in [-0.15, -0.1) is 0 Å².